The molecule has 7 heteroatoms. The minimum Gasteiger partial charge on any atom is -0.462 e. The monoisotopic (exact) mass is 602 g/mol. The molecule has 5 rings (SSSR count). The van der Waals surface area contributed by atoms with Crippen molar-refractivity contribution in [2.24, 2.45) is 51.8 Å². The number of aliphatic hydroxyl groups is 2. The fourth-order valence-corrected chi connectivity index (χ4v) is 10.6. The second-order valence-corrected chi connectivity index (χ2v) is 16.4. The molecular weight excluding hydrogens is 544 g/mol. The van der Waals surface area contributed by atoms with Gasteiger partial charge in [-0.25, -0.2) is 0 Å². The largest absolute Gasteiger partial charge is 0.462 e. The number of esters is 2. The molecule has 0 aromatic carbocycles. The first kappa shape index (κ1) is 32.9. The molecule has 0 saturated heterocycles. The zero-order valence-corrected chi connectivity index (χ0v) is 27.6. The summed E-state index contributed by atoms with van der Waals surface area (Å²) in [6, 6.07) is 0. The van der Waals surface area contributed by atoms with E-state index in [-0.39, 0.29) is 76.3 Å². The Morgan fingerprint density at radius 3 is 2.44 bits per heavy atom. The van der Waals surface area contributed by atoms with E-state index in [0.29, 0.717) is 32.1 Å². The lowest BCUT2D eigenvalue weighted by molar-refractivity contribution is -0.210. The van der Waals surface area contributed by atoms with Crippen LogP contribution < -0.4 is 0 Å². The highest BCUT2D eigenvalue weighted by molar-refractivity contribution is 5.80. The number of ketones is 1. The fraction of sp³-hybridized carbons (Fsp3) is 0.917. The van der Waals surface area contributed by atoms with Crippen molar-refractivity contribution in [1.29, 1.82) is 0 Å². The van der Waals surface area contributed by atoms with Crippen molar-refractivity contribution in [3.05, 3.63) is 0 Å². The first-order valence-electron chi connectivity index (χ1n) is 17.5. The van der Waals surface area contributed by atoms with Crippen molar-refractivity contribution in [3.8, 4) is 0 Å². The Morgan fingerprint density at radius 1 is 1.00 bits per heavy atom. The number of carbonyl (C=O) groups is 3. The maximum atomic E-state index is 12.8. The van der Waals surface area contributed by atoms with Crippen molar-refractivity contribution in [2.75, 3.05) is 0 Å². The molecule has 43 heavy (non-hydrogen) atoms. The summed E-state index contributed by atoms with van der Waals surface area (Å²) in [6.07, 6.45) is 9.15. The Balaban J connectivity index is 1.23. The summed E-state index contributed by atoms with van der Waals surface area (Å²) in [7, 11) is 0. The maximum absolute atomic E-state index is 12.8. The molecule has 5 aliphatic rings. The van der Waals surface area contributed by atoms with Crippen molar-refractivity contribution in [2.45, 2.75) is 156 Å². The molecule has 7 nitrogen and oxygen atoms in total. The molecule has 0 aliphatic heterocycles. The Hall–Kier alpha value is -1.47. The normalized spacial score (nSPS) is 43.6. The number of hydrogen-bond acceptors (Lipinski definition) is 7. The maximum Gasteiger partial charge on any atom is 0.311 e. The van der Waals surface area contributed by atoms with E-state index >= 15 is 0 Å². The van der Waals surface area contributed by atoms with Crippen molar-refractivity contribution in [3.63, 3.8) is 0 Å². The van der Waals surface area contributed by atoms with Gasteiger partial charge in [-0.2, -0.15) is 0 Å². The average molecular weight is 603 g/mol. The number of carbonyl (C=O) groups excluding carboxylic acids is 3. The van der Waals surface area contributed by atoms with E-state index < -0.39 is 17.6 Å². The van der Waals surface area contributed by atoms with E-state index in [4.69, 9.17) is 9.47 Å². The highest BCUT2D eigenvalue weighted by Crippen LogP contribution is 2.68. The van der Waals surface area contributed by atoms with Gasteiger partial charge in [0.1, 0.15) is 18.0 Å². The van der Waals surface area contributed by atoms with Gasteiger partial charge >= 0.3 is 11.9 Å². The molecule has 12 atom stereocenters. The average Bonchev–Trinajstić information content (AvgIpc) is 3.31. The van der Waals surface area contributed by atoms with Crippen LogP contribution in [0.1, 0.15) is 131 Å². The Bertz CT molecular complexity index is 1050. The van der Waals surface area contributed by atoms with Gasteiger partial charge in [0.15, 0.2) is 0 Å². The van der Waals surface area contributed by atoms with Crippen LogP contribution in [-0.2, 0) is 23.9 Å². The summed E-state index contributed by atoms with van der Waals surface area (Å²) in [5, 5.41) is 23.7. The molecule has 5 fully saturated rings. The third-order valence-electron chi connectivity index (χ3n) is 13.7. The predicted octanol–water partition coefficient (Wildman–Crippen LogP) is 6.41. The minimum atomic E-state index is -0.484. The number of hydrogen-bond donors (Lipinski definition) is 2. The Labute approximate surface area is 259 Å². The van der Waals surface area contributed by atoms with E-state index in [9.17, 15) is 24.6 Å². The van der Waals surface area contributed by atoms with Gasteiger partial charge in [0.25, 0.3) is 0 Å². The van der Waals surface area contributed by atoms with Gasteiger partial charge in [-0.1, -0.05) is 27.7 Å². The number of rotatable bonds is 8. The second-order valence-electron chi connectivity index (χ2n) is 16.4. The van der Waals surface area contributed by atoms with Gasteiger partial charge in [0.2, 0.25) is 0 Å². The molecule has 0 aromatic heterocycles. The number of Topliss-reactive ketones (excluding diaryl/α,β-unsaturated/α-hetero) is 1. The van der Waals surface area contributed by atoms with Gasteiger partial charge in [0, 0.05) is 19.3 Å². The molecule has 244 valence electrons. The summed E-state index contributed by atoms with van der Waals surface area (Å²) in [4.78, 5) is 37.3. The SMILES string of the molecule is CCC(C)(C)C(=O)O[C@H]1CC[C@@]2(C)C(C1)C[C@@H](O)C1C2C[C@H](O)[C@]2(C)C(C(C)CCC(=O)OC3CCCC(=O)C3)CCC12. The van der Waals surface area contributed by atoms with Crippen LogP contribution in [0.3, 0.4) is 0 Å². The number of fused-ring (bicyclic) bond motifs is 5. The van der Waals surface area contributed by atoms with Crippen LogP contribution >= 0.6 is 0 Å². The number of aliphatic hydroxyl groups excluding tert-OH is 2. The lowest BCUT2D eigenvalue weighted by Gasteiger charge is -2.63. The predicted molar refractivity (Wildman–Crippen MR) is 164 cm³/mol. The van der Waals surface area contributed by atoms with Gasteiger partial charge in [-0.3, -0.25) is 14.4 Å². The summed E-state index contributed by atoms with van der Waals surface area (Å²) >= 11 is 0. The molecular formula is C36H58O7. The highest BCUT2D eigenvalue weighted by Gasteiger charge is 2.66. The van der Waals surface area contributed by atoms with Crippen molar-refractivity contribution >= 4 is 17.7 Å². The molecule has 0 heterocycles. The van der Waals surface area contributed by atoms with Gasteiger partial charge in [-0.05, 0) is 131 Å². The van der Waals surface area contributed by atoms with Crippen LogP contribution in [0.25, 0.3) is 0 Å². The van der Waals surface area contributed by atoms with Gasteiger partial charge in [-0.15, -0.1) is 0 Å². The summed E-state index contributed by atoms with van der Waals surface area (Å²) in [6.45, 7) is 12.8. The Morgan fingerprint density at radius 2 is 1.74 bits per heavy atom. The zero-order chi connectivity index (χ0) is 31.3. The number of ether oxygens (including phenoxy) is 2. The molecule has 2 N–H and O–H groups in total. The van der Waals surface area contributed by atoms with Crippen LogP contribution in [0.15, 0.2) is 0 Å². The van der Waals surface area contributed by atoms with Gasteiger partial charge < -0.3 is 19.7 Å². The first-order valence-corrected chi connectivity index (χ1v) is 17.5. The van der Waals surface area contributed by atoms with Crippen molar-refractivity contribution in [1.82, 2.24) is 0 Å². The molecule has 0 spiro atoms. The topological polar surface area (TPSA) is 110 Å². The van der Waals surface area contributed by atoms with Crippen LogP contribution in [0.4, 0.5) is 0 Å². The smallest absolute Gasteiger partial charge is 0.311 e. The lowest BCUT2D eigenvalue weighted by Crippen LogP contribution is -2.62. The quantitative estimate of drug-likeness (QED) is 0.309. The molecule has 0 radical (unpaired) electrons. The Kier molecular flexibility index (Phi) is 9.47. The fourth-order valence-electron chi connectivity index (χ4n) is 10.6. The van der Waals surface area contributed by atoms with E-state index in [1.54, 1.807) is 0 Å². The molecule has 5 saturated carbocycles. The van der Waals surface area contributed by atoms with Crippen LogP contribution in [-0.4, -0.2) is 52.4 Å². The molecule has 0 bridgehead atoms. The standard InChI is InChI=1S/C36H58O7/c1-7-34(3,4)33(41)43-25-15-16-35(5)22(17-25)18-29(38)32-27-13-12-26(36(27,6)30(39)20-28(32)35)21(2)11-14-31(40)42-24-10-8-9-23(37)19-24/h21-22,24-30,32,38-39H,7-20H2,1-6H3/t21?,22?,24?,25-,26?,27?,28?,29+,30-,32?,35-,36+/m0/s1. The van der Waals surface area contributed by atoms with Crippen LogP contribution in [0, 0.1) is 51.8 Å². The molecule has 7 unspecified atom stereocenters. The zero-order valence-electron chi connectivity index (χ0n) is 27.6. The molecule has 5 aliphatic carbocycles. The summed E-state index contributed by atoms with van der Waals surface area (Å²) < 4.78 is 11.7. The third kappa shape index (κ3) is 6.07. The summed E-state index contributed by atoms with van der Waals surface area (Å²) in [5.74, 6) is 1.34. The molecule has 0 aromatic rings. The second kappa shape index (κ2) is 12.4. The van der Waals surface area contributed by atoms with E-state index in [1.807, 2.05) is 20.8 Å². The summed E-state index contributed by atoms with van der Waals surface area (Å²) in [5.41, 5.74) is -0.756. The lowest BCUT2D eigenvalue weighted by atomic mass is 9.43. The van der Waals surface area contributed by atoms with Crippen LogP contribution in [0.2, 0.25) is 0 Å². The molecule has 0 amide bonds. The van der Waals surface area contributed by atoms with Crippen LogP contribution in [0.5, 0.6) is 0 Å². The highest BCUT2D eigenvalue weighted by atomic mass is 16.5. The first-order chi connectivity index (χ1) is 20.2. The van der Waals surface area contributed by atoms with Gasteiger partial charge in [0.05, 0.1) is 17.6 Å². The minimum absolute atomic E-state index is 0.0172. The third-order valence-corrected chi connectivity index (χ3v) is 13.7. The van der Waals surface area contributed by atoms with Crippen molar-refractivity contribution < 1.29 is 34.1 Å². The van der Waals surface area contributed by atoms with E-state index in [0.717, 1.165) is 57.8 Å². The van der Waals surface area contributed by atoms with E-state index in [2.05, 4.69) is 20.8 Å². The van der Waals surface area contributed by atoms with E-state index in [1.165, 1.54) is 0 Å².